The van der Waals surface area contributed by atoms with Crippen LogP contribution < -0.4 is 15.5 Å². The number of thiocarbonyl (C=S) groups is 1. The van der Waals surface area contributed by atoms with Crippen LogP contribution in [0, 0.1) is 20.8 Å². The summed E-state index contributed by atoms with van der Waals surface area (Å²) in [6.07, 6.45) is 1.79. The number of rotatable bonds is 7. The summed E-state index contributed by atoms with van der Waals surface area (Å²) >= 11 is 18.8. The van der Waals surface area contributed by atoms with E-state index in [2.05, 4.69) is 45.0 Å². The number of pyridine rings is 1. The Balaban J connectivity index is 1.62. The third-order valence-corrected chi connectivity index (χ3v) is 7.93. The summed E-state index contributed by atoms with van der Waals surface area (Å²) in [7, 11) is 1.49. The van der Waals surface area contributed by atoms with E-state index in [0.29, 0.717) is 15.2 Å². The molecule has 3 heterocycles. The van der Waals surface area contributed by atoms with Gasteiger partial charge in [0.05, 0.1) is 28.5 Å². The first-order valence-electron chi connectivity index (χ1n) is 12.7. The maximum atomic E-state index is 12.1. The van der Waals surface area contributed by atoms with E-state index >= 15 is 0 Å². The summed E-state index contributed by atoms with van der Waals surface area (Å²) in [6.45, 7) is 6.09. The van der Waals surface area contributed by atoms with Gasteiger partial charge in [-0.1, -0.05) is 29.3 Å². The molecule has 0 unspecified atom stereocenters. The number of aryl methyl sites for hydroxylation is 2. The van der Waals surface area contributed by atoms with Crippen molar-refractivity contribution in [1.29, 1.82) is 0 Å². The lowest BCUT2D eigenvalue weighted by molar-refractivity contribution is -0.119. The SMILES string of the molecule is COCC(=O)Nc1ccc(N2C(=S)N[C@@H](c3ccccn3)[C@@H]2c2cc(C)n(-c3ccc(Cl)cc3Cl)c2C)cc1C. The van der Waals surface area contributed by atoms with Crippen LogP contribution in [0.2, 0.25) is 10.0 Å². The number of anilines is 2. The van der Waals surface area contributed by atoms with E-state index in [1.165, 1.54) is 7.11 Å². The molecule has 2 aromatic carbocycles. The standard InChI is InChI=1S/C30H29Cl2N5O2S/c1-17-13-21(9-10-24(17)34-27(38)16-39-4)37-29(28(35-30(37)40)25-7-5-6-12-33-25)22-14-18(2)36(19(22)3)26-11-8-20(31)15-23(26)32/h5-15,28-29H,16H2,1-4H3,(H,34,38)(H,35,40)/t28-,29-/m0/s1. The number of hydrogen-bond donors (Lipinski definition) is 2. The second-order valence-electron chi connectivity index (χ2n) is 9.73. The maximum absolute atomic E-state index is 12.1. The smallest absolute Gasteiger partial charge is 0.250 e. The molecule has 5 rings (SSSR count). The normalized spacial score (nSPS) is 16.8. The summed E-state index contributed by atoms with van der Waals surface area (Å²) < 4.78 is 7.09. The maximum Gasteiger partial charge on any atom is 0.250 e. The zero-order valence-corrected chi connectivity index (χ0v) is 24.9. The van der Waals surface area contributed by atoms with Crippen LogP contribution in [0.1, 0.15) is 40.3 Å². The van der Waals surface area contributed by atoms with Crippen molar-refractivity contribution in [3.8, 4) is 5.69 Å². The lowest BCUT2D eigenvalue weighted by Gasteiger charge is -2.29. The Morgan fingerprint density at radius 3 is 2.58 bits per heavy atom. The highest BCUT2D eigenvalue weighted by molar-refractivity contribution is 7.80. The lowest BCUT2D eigenvalue weighted by Crippen LogP contribution is -2.29. The molecule has 0 bridgehead atoms. The van der Waals surface area contributed by atoms with E-state index in [9.17, 15) is 4.79 Å². The fraction of sp³-hybridized carbons (Fsp3) is 0.233. The summed E-state index contributed by atoms with van der Waals surface area (Å²) in [5.41, 5.74) is 7.41. The van der Waals surface area contributed by atoms with Gasteiger partial charge >= 0.3 is 0 Å². The molecule has 1 aliphatic rings. The molecule has 1 amide bonds. The van der Waals surface area contributed by atoms with Crippen molar-refractivity contribution in [1.82, 2.24) is 14.9 Å². The van der Waals surface area contributed by atoms with Gasteiger partial charge in [0.15, 0.2) is 5.11 Å². The summed E-state index contributed by atoms with van der Waals surface area (Å²) in [6, 6.07) is 19.1. The van der Waals surface area contributed by atoms with Crippen LogP contribution in [-0.4, -0.2) is 34.3 Å². The molecule has 0 aliphatic carbocycles. The molecule has 1 saturated heterocycles. The Kier molecular flexibility index (Phi) is 8.14. The number of amides is 1. The molecule has 0 radical (unpaired) electrons. The number of hydrogen-bond acceptors (Lipinski definition) is 4. The molecule has 0 saturated carbocycles. The van der Waals surface area contributed by atoms with E-state index in [0.717, 1.165) is 45.3 Å². The van der Waals surface area contributed by atoms with Crippen molar-refractivity contribution in [3.63, 3.8) is 0 Å². The highest BCUT2D eigenvalue weighted by Crippen LogP contribution is 2.44. The Morgan fingerprint density at radius 1 is 1.10 bits per heavy atom. The number of halogens is 2. The molecule has 206 valence electrons. The summed E-state index contributed by atoms with van der Waals surface area (Å²) in [5.74, 6) is -0.210. The molecular formula is C30H29Cl2N5O2S. The average Bonchev–Trinajstić information content (AvgIpc) is 3.41. The van der Waals surface area contributed by atoms with E-state index in [-0.39, 0.29) is 24.6 Å². The molecule has 1 aliphatic heterocycles. The van der Waals surface area contributed by atoms with Crippen LogP contribution in [0.4, 0.5) is 11.4 Å². The monoisotopic (exact) mass is 593 g/mol. The second-order valence-corrected chi connectivity index (χ2v) is 11.0. The molecule has 0 spiro atoms. The fourth-order valence-corrected chi connectivity index (χ4v) is 6.16. The molecular weight excluding hydrogens is 565 g/mol. The first-order chi connectivity index (χ1) is 19.2. The number of carbonyl (C=O) groups excluding carboxylic acids is 1. The Morgan fingerprint density at radius 2 is 1.90 bits per heavy atom. The van der Waals surface area contributed by atoms with Gasteiger partial charge < -0.3 is 24.8 Å². The summed E-state index contributed by atoms with van der Waals surface area (Å²) in [4.78, 5) is 18.9. The number of carbonyl (C=O) groups is 1. The molecule has 10 heteroatoms. The number of aromatic nitrogens is 2. The van der Waals surface area contributed by atoms with Crippen molar-refractivity contribution >= 4 is 57.8 Å². The molecule has 2 N–H and O–H groups in total. The average molecular weight is 595 g/mol. The van der Waals surface area contributed by atoms with Crippen LogP contribution in [-0.2, 0) is 9.53 Å². The lowest BCUT2D eigenvalue weighted by atomic mass is 9.96. The van der Waals surface area contributed by atoms with Gasteiger partial charge in [0.1, 0.15) is 6.61 Å². The van der Waals surface area contributed by atoms with Crippen molar-refractivity contribution in [2.75, 3.05) is 23.9 Å². The Bertz CT molecular complexity index is 1590. The van der Waals surface area contributed by atoms with E-state index < -0.39 is 0 Å². The zero-order chi connectivity index (χ0) is 28.6. The molecule has 7 nitrogen and oxygen atoms in total. The van der Waals surface area contributed by atoms with Gasteiger partial charge in [-0.05, 0) is 98.7 Å². The highest BCUT2D eigenvalue weighted by atomic mass is 35.5. The molecule has 1 fully saturated rings. The van der Waals surface area contributed by atoms with Gasteiger partial charge in [0.2, 0.25) is 5.91 Å². The Hall–Kier alpha value is -3.43. The Labute approximate surface area is 249 Å². The van der Waals surface area contributed by atoms with Gasteiger partial charge in [-0.2, -0.15) is 0 Å². The van der Waals surface area contributed by atoms with Crippen LogP contribution in [0.25, 0.3) is 5.69 Å². The van der Waals surface area contributed by atoms with Crippen LogP contribution in [0.15, 0.2) is 66.9 Å². The zero-order valence-electron chi connectivity index (χ0n) is 22.5. The molecule has 4 aromatic rings. The third kappa shape index (κ3) is 5.32. The van der Waals surface area contributed by atoms with E-state index in [4.69, 9.17) is 40.2 Å². The van der Waals surface area contributed by atoms with Gasteiger partial charge in [-0.15, -0.1) is 0 Å². The van der Waals surface area contributed by atoms with Gasteiger partial charge in [0.25, 0.3) is 0 Å². The van der Waals surface area contributed by atoms with Crippen LogP contribution in [0.3, 0.4) is 0 Å². The number of nitrogens with one attached hydrogen (secondary N) is 2. The fourth-order valence-electron chi connectivity index (χ4n) is 5.32. The van der Waals surface area contributed by atoms with Gasteiger partial charge in [0, 0.05) is 41.1 Å². The summed E-state index contributed by atoms with van der Waals surface area (Å²) in [5, 5.41) is 8.16. The molecule has 2 atom stereocenters. The number of nitrogens with zero attached hydrogens (tertiary/aromatic N) is 3. The molecule has 40 heavy (non-hydrogen) atoms. The van der Waals surface area contributed by atoms with Crippen molar-refractivity contribution in [2.45, 2.75) is 32.9 Å². The predicted molar refractivity (Wildman–Crippen MR) is 165 cm³/mol. The van der Waals surface area contributed by atoms with E-state index in [1.54, 1.807) is 12.3 Å². The minimum atomic E-state index is -0.210. The van der Waals surface area contributed by atoms with Crippen LogP contribution in [0.5, 0.6) is 0 Å². The quantitative estimate of drug-likeness (QED) is 0.228. The minimum Gasteiger partial charge on any atom is -0.375 e. The van der Waals surface area contributed by atoms with E-state index in [1.807, 2.05) is 55.5 Å². The van der Waals surface area contributed by atoms with Crippen molar-refractivity contribution in [3.05, 3.63) is 105 Å². The number of ether oxygens (including phenoxy) is 1. The third-order valence-electron chi connectivity index (χ3n) is 7.08. The number of benzene rings is 2. The molecule has 2 aromatic heterocycles. The van der Waals surface area contributed by atoms with Crippen molar-refractivity contribution < 1.29 is 9.53 Å². The number of methoxy groups -OCH3 is 1. The van der Waals surface area contributed by atoms with Gasteiger partial charge in [-0.25, -0.2) is 0 Å². The second kappa shape index (κ2) is 11.6. The van der Waals surface area contributed by atoms with Gasteiger partial charge in [-0.3, -0.25) is 9.78 Å². The highest BCUT2D eigenvalue weighted by Gasteiger charge is 2.42. The predicted octanol–water partition coefficient (Wildman–Crippen LogP) is 6.87. The van der Waals surface area contributed by atoms with Crippen molar-refractivity contribution in [2.24, 2.45) is 0 Å². The minimum absolute atomic E-state index is 0.0115. The first-order valence-corrected chi connectivity index (χ1v) is 13.9. The first kappa shape index (κ1) is 28.1. The largest absolute Gasteiger partial charge is 0.375 e. The topological polar surface area (TPSA) is 71.4 Å². The van der Waals surface area contributed by atoms with Crippen LogP contribution >= 0.6 is 35.4 Å².